The van der Waals surface area contributed by atoms with Gasteiger partial charge in [-0.1, -0.05) is 18.2 Å². The minimum absolute atomic E-state index is 0.107. The van der Waals surface area contributed by atoms with Gasteiger partial charge in [0.15, 0.2) is 0 Å². The number of nitrogens with one attached hydrogen (secondary N) is 1. The number of benzene rings is 2. The Morgan fingerprint density at radius 2 is 1.87 bits per heavy atom. The largest absolute Gasteiger partial charge is 0.391 e. The van der Waals surface area contributed by atoms with E-state index in [2.05, 4.69) is 22.0 Å². The molecule has 3 heterocycles. The maximum absolute atomic E-state index is 13.0. The fraction of sp³-hybridized carbons (Fsp3) is 0.391. The summed E-state index contributed by atoms with van der Waals surface area (Å²) in [6.07, 6.45) is 2.47. The zero-order valence-corrected chi connectivity index (χ0v) is 17.5. The van der Waals surface area contributed by atoms with E-state index in [4.69, 9.17) is 0 Å². The van der Waals surface area contributed by atoms with Crippen molar-refractivity contribution in [3.63, 3.8) is 0 Å². The Morgan fingerprint density at radius 1 is 1.03 bits per heavy atom. The third-order valence-electron chi connectivity index (χ3n) is 7.00. The lowest BCUT2D eigenvalue weighted by molar-refractivity contribution is 0.146. The number of hydrogen-bond acceptors (Lipinski definition) is 4. The molecule has 6 rings (SSSR count). The zero-order chi connectivity index (χ0) is 20.5. The topological polar surface area (TPSA) is 76.6 Å². The highest BCUT2D eigenvalue weighted by Gasteiger charge is 2.45. The summed E-state index contributed by atoms with van der Waals surface area (Å²) < 4.78 is 27.6. The molecule has 0 unspecified atom stereocenters. The molecule has 0 amide bonds. The van der Waals surface area contributed by atoms with Gasteiger partial charge in [-0.05, 0) is 55.5 Å². The Hall–Kier alpha value is -2.35. The van der Waals surface area contributed by atoms with Gasteiger partial charge in [0.25, 0.3) is 0 Å². The number of H-pyrrole nitrogens is 1. The van der Waals surface area contributed by atoms with E-state index in [0.29, 0.717) is 23.9 Å². The number of sulfonamides is 1. The van der Waals surface area contributed by atoms with Crippen molar-refractivity contribution in [2.75, 3.05) is 24.5 Å². The van der Waals surface area contributed by atoms with Gasteiger partial charge in [0.1, 0.15) is 0 Å². The van der Waals surface area contributed by atoms with Crippen LogP contribution in [-0.4, -0.2) is 54.6 Å². The van der Waals surface area contributed by atoms with Gasteiger partial charge in [0.05, 0.1) is 17.0 Å². The van der Waals surface area contributed by atoms with Gasteiger partial charge < -0.3 is 15.0 Å². The predicted molar refractivity (Wildman–Crippen MR) is 117 cm³/mol. The molecule has 1 aliphatic carbocycles. The number of piperidine rings is 1. The number of para-hydroxylation sites is 1. The molecule has 6 nitrogen and oxygen atoms in total. The van der Waals surface area contributed by atoms with Crippen LogP contribution in [0.2, 0.25) is 0 Å². The molecule has 30 heavy (non-hydrogen) atoms. The van der Waals surface area contributed by atoms with E-state index >= 15 is 0 Å². The van der Waals surface area contributed by atoms with Gasteiger partial charge in [-0.2, -0.15) is 4.31 Å². The van der Waals surface area contributed by atoms with Crippen molar-refractivity contribution < 1.29 is 13.5 Å². The van der Waals surface area contributed by atoms with Crippen molar-refractivity contribution in [3.05, 3.63) is 48.5 Å². The second kappa shape index (κ2) is 6.57. The summed E-state index contributed by atoms with van der Waals surface area (Å²) in [6, 6.07) is 15.7. The van der Waals surface area contributed by atoms with E-state index in [-0.39, 0.29) is 12.1 Å². The maximum atomic E-state index is 13.0. The molecule has 1 aromatic heterocycles. The van der Waals surface area contributed by atoms with E-state index in [1.807, 2.05) is 30.3 Å². The summed E-state index contributed by atoms with van der Waals surface area (Å²) in [4.78, 5) is 6.08. The van der Waals surface area contributed by atoms with Crippen molar-refractivity contribution in [2.45, 2.75) is 36.3 Å². The number of hydrogen-bond donors (Lipinski definition) is 2. The van der Waals surface area contributed by atoms with Gasteiger partial charge in [0, 0.05) is 47.5 Å². The molecule has 2 saturated heterocycles. The van der Waals surface area contributed by atoms with Crippen LogP contribution in [0, 0.1) is 5.92 Å². The molecule has 0 spiro atoms. The molecule has 2 N–H and O–H groups in total. The monoisotopic (exact) mass is 423 g/mol. The molecule has 3 fully saturated rings. The van der Waals surface area contributed by atoms with E-state index in [9.17, 15) is 13.5 Å². The summed E-state index contributed by atoms with van der Waals surface area (Å²) in [5.41, 5.74) is 3.81. The maximum Gasteiger partial charge on any atom is 0.243 e. The lowest BCUT2D eigenvalue weighted by Gasteiger charge is -2.34. The van der Waals surface area contributed by atoms with Crippen molar-refractivity contribution in [1.82, 2.24) is 9.29 Å². The fourth-order valence-electron chi connectivity index (χ4n) is 5.30. The second-order valence-corrected chi connectivity index (χ2v) is 10.8. The molecule has 1 saturated carbocycles. The van der Waals surface area contributed by atoms with Crippen LogP contribution < -0.4 is 4.90 Å². The molecule has 7 heteroatoms. The molecule has 0 radical (unpaired) electrons. The molecule has 3 aliphatic rings. The molecule has 156 valence electrons. The van der Waals surface area contributed by atoms with Crippen LogP contribution in [0.3, 0.4) is 0 Å². The SMILES string of the molecule is O=S(=O)(c1ccc(N2C[C@@H]3C[C@@H](O)[C@H]2C3)c(-c2cc3ccccc3[nH]2)c1)N1CCC1. The van der Waals surface area contributed by atoms with Crippen molar-refractivity contribution in [1.29, 1.82) is 0 Å². The normalized spacial score (nSPS) is 26.4. The smallest absolute Gasteiger partial charge is 0.243 e. The Bertz CT molecular complexity index is 1200. The third kappa shape index (κ3) is 2.72. The number of aromatic nitrogens is 1. The fourth-order valence-corrected chi connectivity index (χ4v) is 6.85. The lowest BCUT2D eigenvalue weighted by Crippen LogP contribution is -2.42. The number of anilines is 1. The van der Waals surface area contributed by atoms with Crippen molar-refractivity contribution in [3.8, 4) is 11.3 Å². The Kier molecular flexibility index (Phi) is 4.04. The molecule has 2 bridgehead atoms. The number of aliphatic hydroxyl groups excluding tert-OH is 1. The highest BCUT2D eigenvalue weighted by Crippen LogP contribution is 2.44. The van der Waals surface area contributed by atoms with Gasteiger partial charge >= 0.3 is 0 Å². The minimum atomic E-state index is -3.47. The van der Waals surface area contributed by atoms with E-state index in [1.54, 1.807) is 10.4 Å². The summed E-state index contributed by atoms with van der Waals surface area (Å²) in [6.45, 7) is 2.09. The number of aromatic amines is 1. The van der Waals surface area contributed by atoms with Crippen LogP contribution in [0.15, 0.2) is 53.4 Å². The van der Waals surface area contributed by atoms with Crippen LogP contribution in [0.1, 0.15) is 19.3 Å². The summed E-state index contributed by atoms with van der Waals surface area (Å²) in [5, 5.41) is 11.6. The average Bonchev–Trinajstić information content (AvgIpc) is 3.38. The van der Waals surface area contributed by atoms with Gasteiger partial charge in [-0.25, -0.2) is 8.42 Å². The molecule has 2 aliphatic heterocycles. The molecule has 3 atom stereocenters. The predicted octanol–water partition coefficient (Wildman–Crippen LogP) is 3.19. The molecular formula is C23H25N3O3S. The van der Waals surface area contributed by atoms with Crippen LogP contribution in [0.4, 0.5) is 5.69 Å². The van der Waals surface area contributed by atoms with Gasteiger partial charge in [-0.3, -0.25) is 0 Å². The minimum Gasteiger partial charge on any atom is -0.391 e. The first-order valence-electron chi connectivity index (χ1n) is 10.7. The van der Waals surface area contributed by atoms with Crippen LogP contribution in [-0.2, 0) is 10.0 Å². The summed E-state index contributed by atoms with van der Waals surface area (Å²) in [5.74, 6) is 0.505. The molecular weight excluding hydrogens is 398 g/mol. The van der Waals surface area contributed by atoms with E-state index in [1.165, 1.54) is 0 Å². The van der Waals surface area contributed by atoms with E-state index < -0.39 is 10.0 Å². The van der Waals surface area contributed by atoms with Crippen molar-refractivity contribution in [2.24, 2.45) is 5.92 Å². The highest BCUT2D eigenvalue weighted by molar-refractivity contribution is 7.89. The average molecular weight is 424 g/mol. The first-order valence-corrected chi connectivity index (χ1v) is 12.1. The second-order valence-electron chi connectivity index (χ2n) is 8.83. The van der Waals surface area contributed by atoms with Crippen molar-refractivity contribution >= 4 is 26.6 Å². The molecule has 2 aromatic carbocycles. The third-order valence-corrected chi connectivity index (χ3v) is 8.89. The standard InChI is InChI=1S/C23H25N3O3S/c27-23-11-15-10-22(23)26(14-15)21-7-6-17(30(28,29)25-8-3-9-25)13-18(21)20-12-16-4-1-2-5-19(16)24-20/h1-2,4-7,12-13,15,22-24,27H,3,8-11,14H2/t15-,22+,23+/m0/s1. The number of nitrogens with zero attached hydrogens (tertiary/aromatic N) is 2. The molecule has 3 aromatic rings. The van der Waals surface area contributed by atoms with Crippen LogP contribution in [0.5, 0.6) is 0 Å². The first kappa shape index (κ1) is 18.4. The zero-order valence-electron chi connectivity index (χ0n) is 16.7. The Labute approximate surface area is 176 Å². The summed E-state index contributed by atoms with van der Waals surface area (Å²) >= 11 is 0. The summed E-state index contributed by atoms with van der Waals surface area (Å²) in [7, 11) is -3.47. The Morgan fingerprint density at radius 3 is 2.57 bits per heavy atom. The van der Waals surface area contributed by atoms with Gasteiger partial charge in [0.2, 0.25) is 10.0 Å². The van der Waals surface area contributed by atoms with Crippen LogP contribution >= 0.6 is 0 Å². The van der Waals surface area contributed by atoms with Crippen LogP contribution in [0.25, 0.3) is 22.2 Å². The lowest BCUT2D eigenvalue weighted by atomic mass is 10.0. The quantitative estimate of drug-likeness (QED) is 0.676. The number of rotatable bonds is 4. The van der Waals surface area contributed by atoms with Gasteiger partial charge in [-0.15, -0.1) is 0 Å². The number of fused-ring (bicyclic) bond motifs is 3. The first-order chi connectivity index (χ1) is 14.5. The highest BCUT2D eigenvalue weighted by atomic mass is 32.2. The van der Waals surface area contributed by atoms with E-state index in [0.717, 1.165) is 53.7 Å². The number of aliphatic hydroxyl groups is 1. The Balaban J connectivity index is 1.50.